The molecule has 1 unspecified atom stereocenters. The molecule has 3 heteroatoms. The smallest absolute Gasteiger partial charge is 0.0455 e. The minimum absolute atomic E-state index is 0.187. The second-order valence-corrected chi connectivity index (χ2v) is 5.95. The molecule has 1 aliphatic heterocycles. The lowest BCUT2D eigenvalue weighted by Crippen LogP contribution is -2.38. The van der Waals surface area contributed by atoms with Crippen LogP contribution < -0.4 is 10.2 Å². The molecule has 0 aromatic heterocycles. The zero-order valence-electron chi connectivity index (χ0n) is 11.0. The Bertz CT molecular complexity index is 415. The topological polar surface area (TPSA) is 15.3 Å². The van der Waals surface area contributed by atoms with Gasteiger partial charge in [-0.3, -0.25) is 0 Å². The predicted molar refractivity (Wildman–Crippen MR) is 75.1 cm³/mol. The van der Waals surface area contributed by atoms with Gasteiger partial charge in [-0.05, 0) is 51.9 Å². The first kappa shape index (κ1) is 12.7. The number of nitrogens with zero attached hydrogens (tertiary/aromatic N) is 1. The van der Waals surface area contributed by atoms with Gasteiger partial charge < -0.3 is 10.2 Å². The molecule has 1 atom stereocenters. The van der Waals surface area contributed by atoms with E-state index in [1.807, 2.05) is 14.0 Å². The molecular weight excluding hydrogens is 232 g/mol. The summed E-state index contributed by atoms with van der Waals surface area (Å²) in [5, 5.41) is 4.22. The fourth-order valence-electron chi connectivity index (χ4n) is 2.64. The SMILES string of the molecule is CNC1CN(c2ccc(C)c(Cl)c2)C(C)(C)C1. The number of likely N-dealkylation sites (N-methyl/N-ethyl adjacent to an activating group) is 1. The normalized spacial score (nSPS) is 23.1. The predicted octanol–water partition coefficient (Wildman–Crippen LogP) is 3.23. The number of nitrogens with one attached hydrogen (secondary N) is 1. The molecule has 1 N–H and O–H groups in total. The number of halogens is 1. The van der Waals surface area contributed by atoms with Gasteiger partial charge in [-0.15, -0.1) is 0 Å². The third kappa shape index (κ3) is 2.43. The second kappa shape index (κ2) is 4.51. The lowest BCUT2D eigenvalue weighted by molar-refractivity contribution is 0.487. The lowest BCUT2D eigenvalue weighted by Gasteiger charge is -2.33. The van der Waals surface area contributed by atoms with Crippen molar-refractivity contribution in [3.8, 4) is 0 Å². The molecule has 0 radical (unpaired) electrons. The summed E-state index contributed by atoms with van der Waals surface area (Å²) in [6, 6.07) is 6.91. The van der Waals surface area contributed by atoms with Crippen LogP contribution in [-0.2, 0) is 0 Å². The van der Waals surface area contributed by atoms with Crippen LogP contribution in [0, 0.1) is 6.92 Å². The van der Waals surface area contributed by atoms with Gasteiger partial charge >= 0.3 is 0 Å². The molecule has 1 aromatic carbocycles. The zero-order valence-corrected chi connectivity index (χ0v) is 11.8. The highest BCUT2D eigenvalue weighted by Crippen LogP contribution is 2.35. The van der Waals surface area contributed by atoms with Gasteiger partial charge in [0.25, 0.3) is 0 Å². The van der Waals surface area contributed by atoms with Gasteiger partial charge in [-0.2, -0.15) is 0 Å². The van der Waals surface area contributed by atoms with Crippen LogP contribution >= 0.6 is 11.6 Å². The van der Waals surface area contributed by atoms with Gasteiger partial charge in [0.1, 0.15) is 0 Å². The highest BCUT2D eigenvalue weighted by molar-refractivity contribution is 6.31. The van der Waals surface area contributed by atoms with E-state index in [2.05, 4.69) is 42.3 Å². The van der Waals surface area contributed by atoms with Crippen LogP contribution in [0.15, 0.2) is 18.2 Å². The third-order valence-corrected chi connectivity index (χ3v) is 4.16. The van der Waals surface area contributed by atoms with Gasteiger partial charge in [0.2, 0.25) is 0 Å². The Balaban J connectivity index is 2.30. The van der Waals surface area contributed by atoms with Crippen molar-refractivity contribution in [2.45, 2.75) is 38.8 Å². The Morgan fingerprint density at radius 3 is 2.65 bits per heavy atom. The molecule has 2 rings (SSSR count). The first-order chi connectivity index (χ1) is 7.94. The van der Waals surface area contributed by atoms with E-state index in [0.717, 1.165) is 23.6 Å². The molecule has 1 aromatic rings. The van der Waals surface area contributed by atoms with Crippen LogP contribution in [0.25, 0.3) is 0 Å². The molecule has 0 bridgehead atoms. The van der Waals surface area contributed by atoms with Gasteiger partial charge in [0.15, 0.2) is 0 Å². The summed E-state index contributed by atoms with van der Waals surface area (Å²) in [5.74, 6) is 0. The number of anilines is 1. The van der Waals surface area contributed by atoms with Crippen LogP contribution in [-0.4, -0.2) is 25.2 Å². The molecule has 0 amide bonds. The number of benzene rings is 1. The minimum atomic E-state index is 0.187. The molecule has 17 heavy (non-hydrogen) atoms. The van der Waals surface area contributed by atoms with E-state index in [0.29, 0.717) is 6.04 Å². The molecule has 2 nitrogen and oxygen atoms in total. The molecule has 0 saturated carbocycles. The summed E-state index contributed by atoms with van der Waals surface area (Å²) in [6.45, 7) is 7.66. The van der Waals surface area contributed by atoms with E-state index in [9.17, 15) is 0 Å². The van der Waals surface area contributed by atoms with E-state index < -0.39 is 0 Å². The molecule has 0 aliphatic carbocycles. The van der Waals surface area contributed by atoms with Gasteiger partial charge in [0, 0.05) is 28.8 Å². The fraction of sp³-hybridized carbons (Fsp3) is 0.571. The summed E-state index contributed by atoms with van der Waals surface area (Å²) < 4.78 is 0. The highest BCUT2D eigenvalue weighted by atomic mass is 35.5. The maximum Gasteiger partial charge on any atom is 0.0455 e. The van der Waals surface area contributed by atoms with E-state index in [-0.39, 0.29) is 5.54 Å². The largest absolute Gasteiger partial charge is 0.365 e. The Kier molecular flexibility index (Phi) is 3.37. The van der Waals surface area contributed by atoms with E-state index in [1.165, 1.54) is 5.69 Å². The van der Waals surface area contributed by atoms with Crippen molar-refractivity contribution in [1.29, 1.82) is 0 Å². The van der Waals surface area contributed by atoms with E-state index in [4.69, 9.17) is 11.6 Å². The fourth-order valence-corrected chi connectivity index (χ4v) is 2.82. The molecule has 1 aliphatic rings. The van der Waals surface area contributed by atoms with E-state index in [1.54, 1.807) is 0 Å². The van der Waals surface area contributed by atoms with Crippen molar-refractivity contribution < 1.29 is 0 Å². The summed E-state index contributed by atoms with van der Waals surface area (Å²) in [5.41, 5.74) is 2.55. The number of rotatable bonds is 2. The Labute approximate surface area is 109 Å². The van der Waals surface area contributed by atoms with Crippen LogP contribution in [0.4, 0.5) is 5.69 Å². The molecule has 1 fully saturated rings. The van der Waals surface area contributed by atoms with Gasteiger partial charge in [-0.1, -0.05) is 17.7 Å². The number of hydrogen-bond acceptors (Lipinski definition) is 2. The van der Waals surface area contributed by atoms with E-state index >= 15 is 0 Å². The maximum atomic E-state index is 6.21. The van der Waals surface area contributed by atoms with Crippen LogP contribution in [0.1, 0.15) is 25.8 Å². The zero-order chi connectivity index (χ0) is 12.6. The Hall–Kier alpha value is -0.730. The monoisotopic (exact) mass is 252 g/mol. The highest BCUT2D eigenvalue weighted by Gasteiger charge is 2.37. The van der Waals surface area contributed by atoms with Crippen molar-refractivity contribution in [3.05, 3.63) is 28.8 Å². The number of aryl methyl sites for hydroxylation is 1. The quantitative estimate of drug-likeness (QED) is 0.870. The summed E-state index contributed by atoms with van der Waals surface area (Å²) >= 11 is 6.21. The van der Waals surface area contributed by atoms with Crippen molar-refractivity contribution in [3.63, 3.8) is 0 Å². The molecule has 1 saturated heterocycles. The minimum Gasteiger partial charge on any atom is -0.365 e. The first-order valence-corrected chi connectivity index (χ1v) is 6.53. The van der Waals surface area contributed by atoms with Crippen molar-refractivity contribution in [2.75, 3.05) is 18.5 Å². The Morgan fingerprint density at radius 2 is 2.12 bits per heavy atom. The Morgan fingerprint density at radius 1 is 1.41 bits per heavy atom. The average molecular weight is 253 g/mol. The number of hydrogen-bond donors (Lipinski definition) is 1. The second-order valence-electron chi connectivity index (χ2n) is 5.55. The molecule has 0 spiro atoms. The summed E-state index contributed by atoms with van der Waals surface area (Å²) in [7, 11) is 2.03. The van der Waals surface area contributed by atoms with Crippen LogP contribution in [0.5, 0.6) is 0 Å². The standard InChI is InChI=1S/C14H21ClN2/c1-10-5-6-12(7-13(10)15)17-9-11(16-4)8-14(17,2)3/h5-7,11,16H,8-9H2,1-4H3. The van der Waals surface area contributed by atoms with Crippen molar-refractivity contribution in [2.24, 2.45) is 0 Å². The van der Waals surface area contributed by atoms with Crippen molar-refractivity contribution >= 4 is 17.3 Å². The average Bonchev–Trinajstić information content (AvgIpc) is 2.58. The van der Waals surface area contributed by atoms with Crippen molar-refractivity contribution in [1.82, 2.24) is 5.32 Å². The molecule has 1 heterocycles. The first-order valence-electron chi connectivity index (χ1n) is 6.15. The van der Waals surface area contributed by atoms with Gasteiger partial charge in [0.05, 0.1) is 0 Å². The lowest BCUT2D eigenvalue weighted by atomic mass is 10.00. The maximum absolute atomic E-state index is 6.21. The summed E-state index contributed by atoms with van der Waals surface area (Å²) in [4.78, 5) is 2.44. The van der Waals surface area contributed by atoms with Gasteiger partial charge in [-0.25, -0.2) is 0 Å². The third-order valence-electron chi connectivity index (χ3n) is 3.75. The van der Waals surface area contributed by atoms with Crippen LogP contribution in [0.3, 0.4) is 0 Å². The van der Waals surface area contributed by atoms with Crippen LogP contribution in [0.2, 0.25) is 5.02 Å². The molecular formula is C14H21ClN2. The summed E-state index contributed by atoms with van der Waals surface area (Å²) in [6.07, 6.45) is 1.16. The molecule has 94 valence electrons.